The van der Waals surface area contributed by atoms with Crippen LogP contribution in [0, 0.1) is 21.4 Å². The number of aldehydes is 1. The first kappa shape index (κ1) is 13.3. The van der Waals surface area contributed by atoms with Crippen molar-refractivity contribution in [2.75, 3.05) is 6.61 Å². The molecule has 1 aromatic carbocycles. The molecule has 1 rings (SSSR count). The lowest BCUT2D eigenvalue weighted by atomic mass is 10.0. The maximum atomic E-state index is 11.6. The van der Waals surface area contributed by atoms with E-state index < -0.39 is 22.1 Å². The molecule has 0 spiro atoms. The molecule has 0 unspecified atom stereocenters. The first-order valence-electron chi connectivity index (χ1n) is 4.90. The fraction of sp³-hybridized carbons (Fsp3) is 0.182. The van der Waals surface area contributed by atoms with Crippen LogP contribution in [-0.4, -0.2) is 23.8 Å². The minimum atomic E-state index is -0.931. The molecule has 1 aromatic rings. The normalized spacial score (nSPS) is 9.33. The number of esters is 1. The topological polar surface area (TPSA) is 110 Å². The molecule has 0 aliphatic heterocycles. The second-order valence-electron chi connectivity index (χ2n) is 3.13. The van der Waals surface area contributed by atoms with E-state index in [4.69, 9.17) is 5.26 Å². The molecule has 0 heterocycles. The van der Waals surface area contributed by atoms with E-state index in [2.05, 4.69) is 4.74 Å². The summed E-state index contributed by atoms with van der Waals surface area (Å²) < 4.78 is 4.68. The minimum absolute atomic E-state index is 0.0324. The van der Waals surface area contributed by atoms with Crippen LogP contribution >= 0.6 is 0 Å². The monoisotopic (exact) mass is 248 g/mol. The Morgan fingerprint density at radius 2 is 2.28 bits per heavy atom. The van der Waals surface area contributed by atoms with Crippen molar-refractivity contribution in [2.24, 2.45) is 0 Å². The summed E-state index contributed by atoms with van der Waals surface area (Å²) in [6.07, 6.45) is 0.344. The van der Waals surface area contributed by atoms with Gasteiger partial charge in [-0.05, 0) is 13.0 Å². The van der Waals surface area contributed by atoms with Crippen LogP contribution < -0.4 is 0 Å². The van der Waals surface area contributed by atoms with Gasteiger partial charge in [0.25, 0.3) is 5.69 Å². The second kappa shape index (κ2) is 5.54. The molecular formula is C11H8N2O5. The van der Waals surface area contributed by atoms with Gasteiger partial charge in [-0.3, -0.25) is 14.9 Å². The lowest BCUT2D eigenvalue weighted by Gasteiger charge is -2.06. The third-order valence-corrected chi connectivity index (χ3v) is 2.13. The Morgan fingerprint density at radius 1 is 1.61 bits per heavy atom. The van der Waals surface area contributed by atoms with Gasteiger partial charge in [-0.25, -0.2) is 4.79 Å². The van der Waals surface area contributed by atoms with Gasteiger partial charge in [-0.1, -0.05) is 0 Å². The average molecular weight is 248 g/mol. The number of nitrogens with zero attached hydrogens (tertiary/aromatic N) is 2. The van der Waals surface area contributed by atoms with Gasteiger partial charge in [0.2, 0.25) is 0 Å². The van der Waals surface area contributed by atoms with Crippen molar-refractivity contribution < 1.29 is 19.2 Å². The molecule has 0 saturated carbocycles. The Balaban J connectivity index is 3.58. The van der Waals surface area contributed by atoms with Crippen molar-refractivity contribution in [2.45, 2.75) is 6.92 Å². The van der Waals surface area contributed by atoms with Crippen LogP contribution in [0.5, 0.6) is 0 Å². The number of nitro groups is 1. The van der Waals surface area contributed by atoms with Gasteiger partial charge >= 0.3 is 5.97 Å². The van der Waals surface area contributed by atoms with E-state index in [1.165, 1.54) is 0 Å². The van der Waals surface area contributed by atoms with Crippen LogP contribution in [0.2, 0.25) is 0 Å². The largest absolute Gasteiger partial charge is 0.462 e. The third-order valence-electron chi connectivity index (χ3n) is 2.13. The van der Waals surface area contributed by atoms with E-state index >= 15 is 0 Å². The van der Waals surface area contributed by atoms with Crippen molar-refractivity contribution in [3.05, 3.63) is 38.9 Å². The number of carbonyl (C=O) groups excluding carboxylic acids is 2. The van der Waals surface area contributed by atoms with E-state index in [9.17, 15) is 19.7 Å². The molecule has 0 atom stereocenters. The number of carbonyl (C=O) groups is 2. The quantitative estimate of drug-likeness (QED) is 0.345. The molecule has 0 aliphatic carbocycles. The highest BCUT2D eigenvalue weighted by Gasteiger charge is 2.26. The summed E-state index contributed by atoms with van der Waals surface area (Å²) in [5.41, 5.74) is -1.49. The highest BCUT2D eigenvalue weighted by Crippen LogP contribution is 2.24. The molecule has 7 nitrogen and oxygen atoms in total. The average Bonchev–Trinajstić information content (AvgIpc) is 2.36. The second-order valence-corrected chi connectivity index (χ2v) is 3.13. The van der Waals surface area contributed by atoms with Crippen molar-refractivity contribution in [1.29, 1.82) is 5.26 Å². The Morgan fingerprint density at radius 3 is 2.72 bits per heavy atom. The van der Waals surface area contributed by atoms with Gasteiger partial charge < -0.3 is 4.74 Å². The first-order chi connectivity index (χ1) is 8.56. The highest BCUT2D eigenvalue weighted by atomic mass is 16.6. The zero-order valence-corrected chi connectivity index (χ0v) is 9.37. The number of nitro benzene ring substituents is 1. The van der Waals surface area contributed by atoms with E-state index in [-0.39, 0.29) is 17.7 Å². The molecule has 7 heteroatoms. The number of rotatable bonds is 4. The van der Waals surface area contributed by atoms with E-state index in [1.54, 1.807) is 13.0 Å². The molecule has 0 amide bonds. The number of ether oxygens (including phenoxy) is 1. The minimum Gasteiger partial charge on any atom is -0.462 e. The molecule has 92 valence electrons. The van der Waals surface area contributed by atoms with Crippen LogP contribution in [-0.2, 0) is 4.74 Å². The lowest BCUT2D eigenvalue weighted by molar-refractivity contribution is -0.385. The summed E-state index contributed by atoms with van der Waals surface area (Å²) in [5, 5.41) is 19.6. The highest BCUT2D eigenvalue weighted by molar-refractivity contribution is 6.01. The molecule has 0 bridgehead atoms. The lowest BCUT2D eigenvalue weighted by Crippen LogP contribution is -2.12. The predicted octanol–water partition coefficient (Wildman–Crippen LogP) is 1.46. The third kappa shape index (κ3) is 2.32. The first-order valence-corrected chi connectivity index (χ1v) is 4.90. The van der Waals surface area contributed by atoms with Crippen LogP contribution in [0.25, 0.3) is 0 Å². The fourth-order valence-corrected chi connectivity index (χ4v) is 1.39. The Bertz CT molecular complexity index is 559. The zero-order valence-electron chi connectivity index (χ0n) is 9.37. The Kier molecular flexibility index (Phi) is 4.10. The van der Waals surface area contributed by atoms with Crippen molar-refractivity contribution in [3.63, 3.8) is 0 Å². The zero-order chi connectivity index (χ0) is 13.7. The molecular weight excluding hydrogens is 240 g/mol. The maximum Gasteiger partial charge on any atom is 0.340 e. The van der Waals surface area contributed by atoms with E-state index in [1.807, 2.05) is 0 Å². The van der Waals surface area contributed by atoms with Crippen molar-refractivity contribution >= 4 is 17.9 Å². The summed E-state index contributed by atoms with van der Waals surface area (Å²) >= 11 is 0. The Labute approximate surface area is 102 Å². The van der Waals surface area contributed by atoms with Gasteiger partial charge in [0.15, 0.2) is 6.29 Å². The van der Waals surface area contributed by atoms with Gasteiger partial charge in [0, 0.05) is 11.6 Å². The molecule has 18 heavy (non-hydrogen) atoms. The van der Waals surface area contributed by atoms with E-state index in [0.29, 0.717) is 6.29 Å². The summed E-state index contributed by atoms with van der Waals surface area (Å²) in [6.45, 7) is 1.58. The molecule has 0 radical (unpaired) electrons. The number of hydrogen-bond acceptors (Lipinski definition) is 6. The maximum absolute atomic E-state index is 11.6. The summed E-state index contributed by atoms with van der Waals surface area (Å²) in [4.78, 5) is 32.4. The molecule has 0 N–H and O–H groups in total. The summed E-state index contributed by atoms with van der Waals surface area (Å²) in [7, 11) is 0. The van der Waals surface area contributed by atoms with Crippen LogP contribution in [0.1, 0.15) is 33.2 Å². The van der Waals surface area contributed by atoms with Gasteiger partial charge in [-0.15, -0.1) is 0 Å². The summed E-state index contributed by atoms with van der Waals surface area (Å²) in [5.74, 6) is -0.931. The van der Waals surface area contributed by atoms with Crippen LogP contribution in [0.4, 0.5) is 5.69 Å². The van der Waals surface area contributed by atoms with Crippen molar-refractivity contribution in [3.8, 4) is 6.07 Å². The molecule has 0 aliphatic rings. The Hall–Kier alpha value is -2.75. The standard InChI is InChI=1S/C11H8N2O5/c1-2-18-11(15)10-7(6-14)3-4-9(13(16)17)8(10)5-12/h3-4,6H,2H2,1H3. The van der Waals surface area contributed by atoms with E-state index in [0.717, 1.165) is 12.1 Å². The SMILES string of the molecule is CCOC(=O)c1c(C=O)ccc([N+](=O)[O-])c1C#N. The fourth-order valence-electron chi connectivity index (χ4n) is 1.39. The molecule has 0 fully saturated rings. The van der Waals surface area contributed by atoms with Crippen molar-refractivity contribution in [1.82, 2.24) is 0 Å². The van der Waals surface area contributed by atoms with Gasteiger partial charge in [-0.2, -0.15) is 5.26 Å². The molecule has 0 saturated heterocycles. The van der Waals surface area contributed by atoms with Crippen LogP contribution in [0.3, 0.4) is 0 Å². The smallest absolute Gasteiger partial charge is 0.340 e. The number of hydrogen-bond donors (Lipinski definition) is 0. The molecule has 0 aromatic heterocycles. The number of benzene rings is 1. The van der Waals surface area contributed by atoms with Crippen LogP contribution in [0.15, 0.2) is 12.1 Å². The predicted molar refractivity (Wildman–Crippen MR) is 59.2 cm³/mol. The van der Waals surface area contributed by atoms with Gasteiger partial charge in [0.05, 0.1) is 17.1 Å². The van der Waals surface area contributed by atoms with Gasteiger partial charge in [0.1, 0.15) is 11.6 Å². The number of nitriles is 1. The summed E-state index contributed by atoms with van der Waals surface area (Å²) in [6, 6.07) is 3.67.